The smallest absolute Gasteiger partial charge is 0.327 e. The second kappa shape index (κ2) is 6.30. The van der Waals surface area contributed by atoms with E-state index in [-0.39, 0.29) is 18.6 Å². The predicted octanol–water partition coefficient (Wildman–Crippen LogP) is 0.527. The van der Waals surface area contributed by atoms with E-state index in [0.717, 1.165) is 0 Å². The summed E-state index contributed by atoms with van der Waals surface area (Å²) >= 11 is 0. The van der Waals surface area contributed by atoms with Gasteiger partial charge in [-0.15, -0.1) is 12.3 Å². The van der Waals surface area contributed by atoms with Crippen LogP contribution in [0.2, 0.25) is 0 Å². The third-order valence-electron chi connectivity index (χ3n) is 2.23. The number of phenolic OH excluding ortho intramolecular Hbond substituents is 1. The van der Waals surface area contributed by atoms with Crippen LogP contribution in [0.4, 0.5) is 0 Å². The number of carbonyl (C=O) groups is 2. The summed E-state index contributed by atoms with van der Waals surface area (Å²) in [5.41, 5.74) is 0.595. The van der Waals surface area contributed by atoms with Crippen LogP contribution in [0.1, 0.15) is 12.0 Å². The van der Waals surface area contributed by atoms with Crippen molar-refractivity contribution in [1.82, 2.24) is 5.32 Å². The SMILES string of the molecule is C#CCC(NC(=O)Cc1cccc(O)c1)C(=O)O. The fraction of sp³-hybridized carbons (Fsp3) is 0.231. The highest BCUT2D eigenvalue weighted by Crippen LogP contribution is 2.11. The quantitative estimate of drug-likeness (QED) is 0.662. The van der Waals surface area contributed by atoms with Crippen molar-refractivity contribution in [1.29, 1.82) is 0 Å². The first-order valence-electron chi connectivity index (χ1n) is 5.26. The zero-order valence-corrected chi connectivity index (χ0v) is 9.59. The Morgan fingerprint density at radius 2 is 2.17 bits per heavy atom. The molecule has 1 rings (SSSR count). The first kappa shape index (κ1) is 13.6. The van der Waals surface area contributed by atoms with Crippen molar-refractivity contribution >= 4 is 11.9 Å². The van der Waals surface area contributed by atoms with E-state index in [1.54, 1.807) is 12.1 Å². The van der Waals surface area contributed by atoms with Gasteiger partial charge >= 0.3 is 5.97 Å². The number of nitrogens with one attached hydrogen (secondary N) is 1. The van der Waals surface area contributed by atoms with E-state index in [1.165, 1.54) is 12.1 Å². The highest BCUT2D eigenvalue weighted by Gasteiger charge is 2.18. The minimum Gasteiger partial charge on any atom is -0.508 e. The summed E-state index contributed by atoms with van der Waals surface area (Å²) in [6.07, 6.45) is 4.94. The zero-order valence-electron chi connectivity index (χ0n) is 9.59. The normalized spacial score (nSPS) is 11.3. The minimum atomic E-state index is -1.17. The highest BCUT2D eigenvalue weighted by atomic mass is 16.4. The molecule has 18 heavy (non-hydrogen) atoms. The van der Waals surface area contributed by atoms with Crippen molar-refractivity contribution in [3.05, 3.63) is 29.8 Å². The number of hydrogen-bond donors (Lipinski definition) is 3. The largest absolute Gasteiger partial charge is 0.508 e. The summed E-state index contributed by atoms with van der Waals surface area (Å²) in [7, 11) is 0. The van der Waals surface area contributed by atoms with Crippen molar-refractivity contribution in [2.75, 3.05) is 0 Å². The van der Waals surface area contributed by atoms with Crippen LogP contribution in [0.15, 0.2) is 24.3 Å². The predicted molar refractivity (Wildman–Crippen MR) is 64.8 cm³/mol. The van der Waals surface area contributed by atoms with E-state index in [9.17, 15) is 14.7 Å². The van der Waals surface area contributed by atoms with Gasteiger partial charge < -0.3 is 15.5 Å². The number of amides is 1. The molecule has 3 N–H and O–H groups in total. The minimum absolute atomic E-state index is 0.0112. The molecule has 94 valence electrons. The summed E-state index contributed by atoms with van der Waals surface area (Å²) < 4.78 is 0. The molecule has 5 heteroatoms. The third-order valence-corrected chi connectivity index (χ3v) is 2.23. The van der Waals surface area contributed by atoms with Crippen molar-refractivity contribution in [2.45, 2.75) is 18.9 Å². The van der Waals surface area contributed by atoms with Crippen molar-refractivity contribution in [2.24, 2.45) is 0 Å². The Balaban J connectivity index is 2.61. The van der Waals surface area contributed by atoms with Gasteiger partial charge in [0, 0.05) is 6.42 Å². The Morgan fingerprint density at radius 3 is 2.72 bits per heavy atom. The average Bonchev–Trinajstić information content (AvgIpc) is 2.28. The Morgan fingerprint density at radius 1 is 1.44 bits per heavy atom. The number of hydrogen-bond acceptors (Lipinski definition) is 3. The first-order valence-corrected chi connectivity index (χ1v) is 5.26. The lowest BCUT2D eigenvalue weighted by Crippen LogP contribution is -2.41. The topological polar surface area (TPSA) is 86.6 Å². The van der Waals surface area contributed by atoms with Gasteiger partial charge in [0.2, 0.25) is 5.91 Å². The average molecular weight is 247 g/mol. The van der Waals surface area contributed by atoms with Gasteiger partial charge in [0.05, 0.1) is 6.42 Å². The summed E-state index contributed by atoms with van der Waals surface area (Å²) in [6, 6.07) is 5.11. The number of terminal acetylenes is 1. The van der Waals surface area contributed by atoms with E-state index < -0.39 is 17.9 Å². The standard InChI is InChI=1S/C13H13NO4/c1-2-4-11(13(17)18)14-12(16)8-9-5-3-6-10(15)7-9/h1,3,5-7,11,15H,4,8H2,(H,14,16)(H,17,18). The number of benzene rings is 1. The molecule has 0 aromatic heterocycles. The summed E-state index contributed by atoms with van der Waals surface area (Å²) in [5, 5.41) is 20.4. The van der Waals surface area contributed by atoms with E-state index in [4.69, 9.17) is 11.5 Å². The van der Waals surface area contributed by atoms with E-state index in [2.05, 4.69) is 11.2 Å². The van der Waals surface area contributed by atoms with Gasteiger partial charge in [0.1, 0.15) is 11.8 Å². The van der Waals surface area contributed by atoms with Gasteiger partial charge in [-0.2, -0.15) is 0 Å². The van der Waals surface area contributed by atoms with Crippen LogP contribution in [-0.2, 0) is 16.0 Å². The molecular weight excluding hydrogens is 234 g/mol. The summed E-state index contributed by atoms with van der Waals surface area (Å²) in [6.45, 7) is 0. The van der Waals surface area contributed by atoms with Crippen LogP contribution in [0.5, 0.6) is 5.75 Å². The molecule has 0 saturated carbocycles. The Bertz CT molecular complexity index is 490. The molecule has 0 spiro atoms. The lowest BCUT2D eigenvalue weighted by atomic mass is 10.1. The van der Waals surface area contributed by atoms with Gasteiger partial charge in [-0.1, -0.05) is 12.1 Å². The number of carboxylic acid groups (broad SMARTS) is 1. The lowest BCUT2D eigenvalue weighted by molar-refractivity contribution is -0.141. The number of carbonyl (C=O) groups excluding carboxylic acids is 1. The fourth-order valence-electron chi connectivity index (χ4n) is 1.42. The molecule has 0 radical (unpaired) electrons. The maximum Gasteiger partial charge on any atom is 0.327 e. The van der Waals surface area contributed by atoms with Gasteiger partial charge in [0.25, 0.3) is 0 Å². The maximum absolute atomic E-state index is 11.6. The van der Waals surface area contributed by atoms with Crippen LogP contribution in [0, 0.1) is 12.3 Å². The molecule has 0 aliphatic carbocycles. The van der Waals surface area contributed by atoms with Gasteiger partial charge in [-0.3, -0.25) is 4.79 Å². The summed E-state index contributed by atoms with van der Waals surface area (Å²) in [5.74, 6) is 0.622. The summed E-state index contributed by atoms with van der Waals surface area (Å²) in [4.78, 5) is 22.4. The molecule has 1 amide bonds. The number of aliphatic carboxylic acids is 1. The van der Waals surface area contributed by atoms with Crippen LogP contribution < -0.4 is 5.32 Å². The monoisotopic (exact) mass is 247 g/mol. The Hall–Kier alpha value is -2.48. The van der Waals surface area contributed by atoms with Gasteiger partial charge in [-0.05, 0) is 17.7 Å². The first-order chi connectivity index (χ1) is 8.52. The van der Waals surface area contributed by atoms with Gasteiger partial charge in [-0.25, -0.2) is 4.79 Å². The maximum atomic E-state index is 11.6. The second-order valence-corrected chi connectivity index (χ2v) is 3.71. The molecule has 1 unspecified atom stereocenters. The lowest BCUT2D eigenvalue weighted by Gasteiger charge is -2.11. The van der Waals surface area contributed by atoms with Crippen LogP contribution in [0.25, 0.3) is 0 Å². The number of carboxylic acids is 1. The molecule has 0 fully saturated rings. The van der Waals surface area contributed by atoms with E-state index in [1.807, 2.05) is 0 Å². The van der Waals surface area contributed by atoms with Crippen LogP contribution in [0.3, 0.4) is 0 Å². The van der Waals surface area contributed by atoms with Crippen LogP contribution >= 0.6 is 0 Å². The molecule has 0 aliphatic rings. The number of aromatic hydroxyl groups is 1. The van der Waals surface area contributed by atoms with Crippen LogP contribution in [-0.4, -0.2) is 28.1 Å². The third kappa shape index (κ3) is 4.18. The molecule has 0 heterocycles. The molecular formula is C13H13NO4. The molecule has 1 aromatic carbocycles. The van der Waals surface area contributed by atoms with E-state index >= 15 is 0 Å². The molecule has 0 aliphatic heterocycles. The van der Waals surface area contributed by atoms with Gasteiger partial charge in [0.15, 0.2) is 0 Å². The van der Waals surface area contributed by atoms with Crippen molar-refractivity contribution in [3.63, 3.8) is 0 Å². The number of rotatable bonds is 5. The molecule has 1 aromatic rings. The Kier molecular flexibility index (Phi) is 4.76. The van der Waals surface area contributed by atoms with Crippen molar-refractivity contribution < 1.29 is 19.8 Å². The second-order valence-electron chi connectivity index (χ2n) is 3.71. The molecule has 0 bridgehead atoms. The molecule has 1 atom stereocenters. The van der Waals surface area contributed by atoms with E-state index in [0.29, 0.717) is 5.56 Å². The molecule has 5 nitrogen and oxygen atoms in total. The van der Waals surface area contributed by atoms with Crippen molar-refractivity contribution in [3.8, 4) is 18.1 Å². The number of phenols is 1. The molecule has 0 saturated heterocycles. The fourth-order valence-corrected chi connectivity index (χ4v) is 1.42. The highest BCUT2D eigenvalue weighted by molar-refractivity contribution is 5.85. The Labute approximate surface area is 104 Å². The zero-order chi connectivity index (χ0) is 13.5.